The number of fused-ring (bicyclic) bond motifs is 1. The highest BCUT2D eigenvalue weighted by Crippen LogP contribution is 2.34. The van der Waals surface area contributed by atoms with E-state index in [0.29, 0.717) is 10.8 Å². The number of rotatable bonds is 3. The standard InChI is InChI=1S/C18H13ClN4/c19-15-10-5-4-9-14(15)16-17(21-13-7-2-1-3-8-13)23-12-6-11-20-18(23)22-16/h1-12,21H. The van der Waals surface area contributed by atoms with Crippen molar-refractivity contribution in [1.82, 2.24) is 14.4 Å². The van der Waals surface area contributed by atoms with E-state index in [0.717, 1.165) is 22.8 Å². The number of para-hydroxylation sites is 1. The first-order valence-electron chi connectivity index (χ1n) is 7.23. The van der Waals surface area contributed by atoms with Crippen LogP contribution in [0.15, 0.2) is 73.1 Å². The Balaban J connectivity index is 1.93. The van der Waals surface area contributed by atoms with Crippen LogP contribution in [-0.2, 0) is 0 Å². The van der Waals surface area contributed by atoms with Gasteiger partial charge in [-0.05, 0) is 24.3 Å². The van der Waals surface area contributed by atoms with Crippen LogP contribution in [0.2, 0.25) is 5.02 Å². The molecule has 2 aromatic carbocycles. The topological polar surface area (TPSA) is 42.2 Å². The summed E-state index contributed by atoms with van der Waals surface area (Å²) in [6.45, 7) is 0. The van der Waals surface area contributed by atoms with Crippen LogP contribution in [0.4, 0.5) is 11.5 Å². The molecular formula is C18H13ClN4. The van der Waals surface area contributed by atoms with E-state index in [1.165, 1.54) is 0 Å². The molecule has 0 unspecified atom stereocenters. The SMILES string of the molecule is Clc1ccccc1-c1nc2ncccn2c1Nc1ccccc1. The monoisotopic (exact) mass is 320 g/mol. The van der Waals surface area contributed by atoms with E-state index in [2.05, 4.69) is 15.3 Å². The molecule has 4 rings (SSSR count). The highest BCUT2D eigenvalue weighted by atomic mass is 35.5. The Kier molecular flexibility index (Phi) is 3.44. The molecule has 0 radical (unpaired) electrons. The third kappa shape index (κ3) is 2.53. The normalized spacial score (nSPS) is 10.8. The summed E-state index contributed by atoms with van der Waals surface area (Å²) in [5.41, 5.74) is 2.63. The predicted octanol–water partition coefficient (Wildman–Crippen LogP) is 4.79. The number of hydrogen-bond donors (Lipinski definition) is 1. The van der Waals surface area contributed by atoms with E-state index >= 15 is 0 Å². The minimum absolute atomic E-state index is 0.626. The molecule has 4 nitrogen and oxygen atoms in total. The van der Waals surface area contributed by atoms with Crippen LogP contribution in [0.1, 0.15) is 0 Å². The Morgan fingerprint density at radius 2 is 1.70 bits per heavy atom. The highest BCUT2D eigenvalue weighted by Gasteiger charge is 2.16. The summed E-state index contributed by atoms with van der Waals surface area (Å²) < 4.78 is 1.92. The number of nitrogens with zero attached hydrogens (tertiary/aromatic N) is 3. The van der Waals surface area contributed by atoms with Gasteiger partial charge in [-0.25, -0.2) is 9.97 Å². The number of hydrogen-bond acceptors (Lipinski definition) is 3. The van der Waals surface area contributed by atoms with Crippen molar-refractivity contribution >= 4 is 28.9 Å². The molecule has 0 bridgehead atoms. The summed E-state index contributed by atoms with van der Waals surface area (Å²) in [6, 6.07) is 19.5. The van der Waals surface area contributed by atoms with Crippen LogP contribution >= 0.6 is 11.6 Å². The van der Waals surface area contributed by atoms with Crippen molar-refractivity contribution in [2.45, 2.75) is 0 Å². The van der Waals surface area contributed by atoms with Gasteiger partial charge in [-0.2, -0.15) is 0 Å². The molecule has 112 valence electrons. The molecule has 0 aliphatic rings. The zero-order valence-electron chi connectivity index (χ0n) is 12.1. The molecule has 2 heterocycles. The largest absolute Gasteiger partial charge is 0.339 e. The van der Waals surface area contributed by atoms with Gasteiger partial charge in [-0.1, -0.05) is 48.0 Å². The quantitative estimate of drug-likeness (QED) is 0.590. The number of benzene rings is 2. The van der Waals surface area contributed by atoms with E-state index < -0.39 is 0 Å². The van der Waals surface area contributed by atoms with Gasteiger partial charge in [0.1, 0.15) is 11.5 Å². The number of anilines is 2. The zero-order chi connectivity index (χ0) is 15.6. The fourth-order valence-corrected chi connectivity index (χ4v) is 2.73. The fraction of sp³-hybridized carbons (Fsp3) is 0. The first kappa shape index (κ1) is 13.8. The Morgan fingerprint density at radius 3 is 2.52 bits per heavy atom. The van der Waals surface area contributed by atoms with Crippen molar-refractivity contribution in [1.29, 1.82) is 0 Å². The Labute approximate surface area is 138 Å². The van der Waals surface area contributed by atoms with Crippen LogP contribution in [0.5, 0.6) is 0 Å². The first-order valence-corrected chi connectivity index (χ1v) is 7.61. The van der Waals surface area contributed by atoms with Crippen molar-refractivity contribution in [3.05, 3.63) is 78.1 Å². The van der Waals surface area contributed by atoms with Crippen molar-refractivity contribution in [3.8, 4) is 11.3 Å². The van der Waals surface area contributed by atoms with Crippen molar-refractivity contribution in [2.24, 2.45) is 0 Å². The van der Waals surface area contributed by atoms with Gasteiger partial charge >= 0.3 is 0 Å². The number of aromatic nitrogens is 3. The lowest BCUT2D eigenvalue weighted by Crippen LogP contribution is -1.97. The van der Waals surface area contributed by atoms with Crippen molar-refractivity contribution in [2.75, 3.05) is 5.32 Å². The Morgan fingerprint density at radius 1 is 0.913 bits per heavy atom. The molecule has 0 spiro atoms. The summed E-state index contributed by atoms with van der Waals surface area (Å²) in [4.78, 5) is 8.97. The van der Waals surface area contributed by atoms with E-state index in [4.69, 9.17) is 11.6 Å². The molecule has 0 aliphatic carbocycles. The molecular weight excluding hydrogens is 308 g/mol. The second-order valence-electron chi connectivity index (χ2n) is 5.07. The highest BCUT2D eigenvalue weighted by molar-refractivity contribution is 6.33. The van der Waals surface area contributed by atoms with Gasteiger partial charge in [-0.15, -0.1) is 0 Å². The molecule has 1 N–H and O–H groups in total. The lowest BCUT2D eigenvalue weighted by atomic mass is 10.1. The number of halogens is 1. The molecule has 4 aromatic rings. The second kappa shape index (κ2) is 5.74. The fourth-order valence-electron chi connectivity index (χ4n) is 2.51. The first-order chi connectivity index (χ1) is 11.3. The van der Waals surface area contributed by atoms with Gasteiger partial charge in [0.25, 0.3) is 0 Å². The van der Waals surface area contributed by atoms with Gasteiger partial charge in [0.05, 0.1) is 5.02 Å². The van der Waals surface area contributed by atoms with Gasteiger partial charge in [-0.3, -0.25) is 4.40 Å². The summed E-state index contributed by atoms with van der Waals surface area (Å²) in [6.07, 6.45) is 3.66. The molecule has 0 saturated carbocycles. The average molecular weight is 321 g/mol. The van der Waals surface area contributed by atoms with Crippen LogP contribution < -0.4 is 5.32 Å². The maximum absolute atomic E-state index is 6.36. The van der Waals surface area contributed by atoms with E-state index in [1.807, 2.05) is 71.3 Å². The molecule has 23 heavy (non-hydrogen) atoms. The van der Waals surface area contributed by atoms with E-state index in [9.17, 15) is 0 Å². The minimum Gasteiger partial charge on any atom is -0.339 e. The molecule has 2 aromatic heterocycles. The third-order valence-electron chi connectivity index (χ3n) is 3.57. The maximum atomic E-state index is 6.36. The zero-order valence-corrected chi connectivity index (χ0v) is 12.9. The average Bonchev–Trinajstić information content (AvgIpc) is 2.95. The molecule has 0 atom stereocenters. The molecule has 0 aliphatic heterocycles. The summed E-state index contributed by atoms with van der Waals surface area (Å²) >= 11 is 6.36. The van der Waals surface area contributed by atoms with Crippen molar-refractivity contribution in [3.63, 3.8) is 0 Å². The van der Waals surface area contributed by atoms with Gasteiger partial charge < -0.3 is 5.32 Å². The number of imidazole rings is 1. The van der Waals surface area contributed by atoms with Crippen molar-refractivity contribution < 1.29 is 0 Å². The van der Waals surface area contributed by atoms with Gasteiger partial charge in [0.2, 0.25) is 5.78 Å². The van der Waals surface area contributed by atoms with Gasteiger partial charge in [0.15, 0.2) is 0 Å². The summed E-state index contributed by atoms with van der Waals surface area (Å²) in [5, 5.41) is 4.08. The predicted molar refractivity (Wildman–Crippen MR) is 93.2 cm³/mol. The van der Waals surface area contributed by atoms with E-state index in [1.54, 1.807) is 6.20 Å². The summed E-state index contributed by atoms with van der Waals surface area (Å²) in [5.74, 6) is 1.47. The van der Waals surface area contributed by atoms with Crippen LogP contribution in [-0.4, -0.2) is 14.4 Å². The maximum Gasteiger partial charge on any atom is 0.235 e. The molecule has 0 saturated heterocycles. The third-order valence-corrected chi connectivity index (χ3v) is 3.90. The Hall–Kier alpha value is -2.85. The summed E-state index contributed by atoms with van der Waals surface area (Å²) in [7, 11) is 0. The van der Waals surface area contributed by atoms with Crippen LogP contribution in [0.25, 0.3) is 17.0 Å². The van der Waals surface area contributed by atoms with Crippen LogP contribution in [0.3, 0.4) is 0 Å². The molecule has 0 fully saturated rings. The second-order valence-corrected chi connectivity index (χ2v) is 5.48. The minimum atomic E-state index is 0.626. The number of nitrogens with one attached hydrogen (secondary N) is 1. The molecule has 5 heteroatoms. The molecule has 0 amide bonds. The lowest BCUT2D eigenvalue weighted by Gasteiger charge is -2.09. The Bertz CT molecular complexity index is 963. The van der Waals surface area contributed by atoms with Crippen LogP contribution in [0, 0.1) is 0 Å². The van der Waals surface area contributed by atoms with E-state index in [-0.39, 0.29) is 0 Å². The van der Waals surface area contributed by atoms with Gasteiger partial charge in [0, 0.05) is 23.6 Å². The smallest absolute Gasteiger partial charge is 0.235 e. The lowest BCUT2D eigenvalue weighted by molar-refractivity contribution is 1.11.